The van der Waals surface area contributed by atoms with Crippen LogP contribution in [0.15, 0.2) is 53.4 Å². The zero-order chi connectivity index (χ0) is 22.3. The number of rotatable bonds is 4. The van der Waals surface area contributed by atoms with Crippen LogP contribution in [-0.4, -0.2) is 44.9 Å². The minimum absolute atomic E-state index is 0.155. The Balaban J connectivity index is 1.40. The summed E-state index contributed by atoms with van der Waals surface area (Å²) in [4.78, 5) is 13.8. The van der Waals surface area contributed by atoms with E-state index in [9.17, 15) is 17.6 Å². The molecule has 32 heavy (non-hydrogen) atoms. The van der Waals surface area contributed by atoms with E-state index in [2.05, 4.69) is 5.32 Å². The van der Waals surface area contributed by atoms with Crippen LogP contribution >= 0.6 is 11.3 Å². The van der Waals surface area contributed by atoms with E-state index in [-0.39, 0.29) is 32.0 Å². The average Bonchev–Trinajstić information content (AvgIpc) is 3.26. The summed E-state index contributed by atoms with van der Waals surface area (Å²) in [6, 6.07) is 12.9. The maximum atomic E-state index is 14.4. The predicted molar refractivity (Wildman–Crippen MR) is 118 cm³/mol. The minimum atomic E-state index is -4.04. The minimum Gasteiger partial charge on any atom is -0.488 e. The third-order valence-electron chi connectivity index (χ3n) is 5.32. The number of amides is 1. The van der Waals surface area contributed by atoms with Gasteiger partial charge >= 0.3 is 0 Å². The molecule has 0 radical (unpaired) electrons. The zero-order valence-electron chi connectivity index (χ0n) is 16.8. The molecule has 5 rings (SSSR count). The highest BCUT2D eigenvalue weighted by Gasteiger charge is 2.29. The lowest BCUT2D eigenvalue weighted by Gasteiger charge is -2.26. The van der Waals surface area contributed by atoms with Crippen LogP contribution in [-0.2, 0) is 21.4 Å². The van der Waals surface area contributed by atoms with Gasteiger partial charge in [0.1, 0.15) is 23.1 Å². The third kappa shape index (κ3) is 3.79. The quantitative estimate of drug-likeness (QED) is 0.623. The molecule has 0 bridgehead atoms. The van der Waals surface area contributed by atoms with Crippen LogP contribution in [0.3, 0.4) is 0 Å². The van der Waals surface area contributed by atoms with Gasteiger partial charge < -0.3 is 14.8 Å². The van der Waals surface area contributed by atoms with E-state index in [1.165, 1.54) is 21.7 Å². The van der Waals surface area contributed by atoms with Crippen LogP contribution in [0.1, 0.15) is 15.2 Å². The van der Waals surface area contributed by atoms with Gasteiger partial charge in [-0.2, -0.15) is 4.31 Å². The Kier molecular flexibility index (Phi) is 5.46. The van der Waals surface area contributed by atoms with Crippen LogP contribution < -0.4 is 10.1 Å². The van der Waals surface area contributed by atoms with Gasteiger partial charge in [-0.25, -0.2) is 12.8 Å². The van der Waals surface area contributed by atoms with Crippen LogP contribution in [0, 0.1) is 5.82 Å². The van der Waals surface area contributed by atoms with Crippen molar-refractivity contribution in [3.63, 3.8) is 0 Å². The molecule has 1 N–H and O–H groups in total. The number of sulfonamides is 1. The van der Waals surface area contributed by atoms with Crippen LogP contribution in [0.25, 0.3) is 10.4 Å². The number of fused-ring (bicyclic) bond motifs is 3. The van der Waals surface area contributed by atoms with E-state index < -0.39 is 26.6 Å². The van der Waals surface area contributed by atoms with Crippen molar-refractivity contribution in [2.24, 2.45) is 0 Å². The number of benzene rings is 2. The number of nitrogens with zero attached hydrogens (tertiary/aromatic N) is 1. The fraction of sp³-hybridized carbons (Fsp3) is 0.227. The molecule has 10 heteroatoms. The van der Waals surface area contributed by atoms with E-state index in [1.54, 1.807) is 6.07 Å². The molecular weight excluding hydrogens is 455 g/mol. The second kappa shape index (κ2) is 8.28. The number of para-hydroxylation sites is 1. The maximum absolute atomic E-state index is 14.4. The summed E-state index contributed by atoms with van der Waals surface area (Å²) in [7, 11) is -4.04. The molecule has 0 saturated carbocycles. The van der Waals surface area contributed by atoms with E-state index in [0.29, 0.717) is 11.5 Å². The smallest absolute Gasteiger partial charge is 0.265 e. The van der Waals surface area contributed by atoms with Gasteiger partial charge in [0.15, 0.2) is 0 Å². The summed E-state index contributed by atoms with van der Waals surface area (Å²) >= 11 is 1.33. The van der Waals surface area contributed by atoms with Gasteiger partial charge in [-0.05, 0) is 36.4 Å². The van der Waals surface area contributed by atoms with Crippen molar-refractivity contribution in [3.8, 4) is 16.2 Å². The molecule has 1 amide bonds. The number of hydrogen-bond acceptors (Lipinski definition) is 6. The van der Waals surface area contributed by atoms with Crippen molar-refractivity contribution in [1.29, 1.82) is 0 Å². The number of carbonyl (C=O) groups excluding carboxylic acids is 1. The van der Waals surface area contributed by atoms with E-state index >= 15 is 0 Å². The molecule has 3 heterocycles. The molecule has 0 unspecified atom stereocenters. The van der Waals surface area contributed by atoms with Crippen molar-refractivity contribution in [2.45, 2.75) is 11.5 Å². The van der Waals surface area contributed by atoms with E-state index in [0.717, 1.165) is 33.9 Å². The molecule has 1 aromatic heterocycles. The van der Waals surface area contributed by atoms with Gasteiger partial charge in [0.05, 0.1) is 18.1 Å². The van der Waals surface area contributed by atoms with Crippen molar-refractivity contribution in [2.75, 3.05) is 31.6 Å². The number of thiophene rings is 1. The Hall–Kier alpha value is -2.79. The molecule has 3 aromatic rings. The molecule has 0 aliphatic carbocycles. The summed E-state index contributed by atoms with van der Waals surface area (Å²) in [5.74, 6) is -0.497. The Morgan fingerprint density at radius 1 is 1.09 bits per heavy atom. The van der Waals surface area contributed by atoms with Crippen LogP contribution in [0.5, 0.6) is 5.75 Å². The van der Waals surface area contributed by atoms with Gasteiger partial charge in [0.25, 0.3) is 5.91 Å². The van der Waals surface area contributed by atoms with Crippen LogP contribution in [0.4, 0.5) is 10.1 Å². The Morgan fingerprint density at radius 3 is 2.69 bits per heavy atom. The SMILES string of the molecule is O=C(Nc1ccc(F)c(S(=O)(=O)N2CCOCC2)c1)c1cc2c(s1)-c1ccccc1OC2. The van der Waals surface area contributed by atoms with Gasteiger partial charge in [0.2, 0.25) is 10.0 Å². The van der Waals surface area contributed by atoms with E-state index in [4.69, 9.17) is 9.47 Å². The summed E-state index contributed by atoms with van der Waals surface area (Å²) in [5.41, 5.74) is 2.04. The molecule has 0 atom stereocenters. The largest absolute Gasteiger partial charge is 0.488 e. The van der Waals surface area contributed by atoms with Gasteiger partial charge in [-0.3, -0.25) is 4.79 Å². The van der Waals surface area contributed by atoms with Crippen molar-refractivity contribution in [1.82, 2.24) is 4.31 Å². The number of anilines is 1. The standard InChI is InChI=1S/C22H19FN2O5S2/c23-17-6-5-15(12-20(17)32(27,28)25-7-9-29-10-8-25)24-22(26)19-11-14-13-30-18-4-2-1-3-16(18)21(14)31-19/h1-6,11-12H,7-10,13H2,(H,24,26). The van der Waals surface area contributed by atoms with Crippen LogP contribution in [0.2, 0.25) is 0 Å². The predicted octanol–water partition coefficient (Wildman–Crippen LogP) is 3.72. The summed E-state index contributed by atoms with van der Waals surface area (Å²) in [5, 5.41) is 2.69. The molecular formula is C22H19FN2O5S2. The highest BCUT2D eigenvalue weighted by atomic mass is 32.2. The highest BCUT2D eigenvalue weighted by molar-refractivity contribution is 7.89. The fourth-order valence-electron chi connectivity index (χ4n) is 3.71. The Bertz CT molecular complexity index is 1300. The number of halogens is 1. The van der Waals surface area contributed by atoms with Crippen molar-refractivity contribution < 1.29 is 27.1 Å². The lowest BCUT2D eigenvalue weighted by Crippen LogP contribution is -2.40. The van der Waals surface area contributed by atoms with Gasteiger partial charge in [-0.1, -0.05) is 12.1 Å². The normalized spacial score (nSPS) is 16.0. The zero-order valence-corrected chi connectivity index (χ0v) is 18.5. The first-order chi connectivity index (χ1) is 15.4. The first kappa shape index (κ1) is 21.1. The number of hydrogen-bond donors (Lipinski definition) is 1. The lowest BCUT2D eigenvalue weighted by molar-refractivity contribution is 0.0729. The monoisotopic (exact) mass is 474 g/mol. The third-order valence-corrected chi connectivity index (χ3v) is 8.45. The van der Waals surface area contributed by atoms with Crippen molar-refractivity contribution in [3.05, 3.63) is 64.8 Å². The van der Waals surface area contributed by atoms with Gasteiger partial charge in [0, 0.05) is 34.8 Å². The maximum Gasteiger partial charge on any atom is 0.265 e. The van der Waals surface area contributed by atoms with E-state index in [1.807, 2.05) is 24.3 Å². The second-order valence-electron chi connectivity index (χ2n) is 7.37. The second-order valence-corrected chi connectivity index (χ2v) is 10.3. The first-order valence-electron chi connectivity index (χ1n) is 9.97. The number of ether oxygens (including phenoxy) is 2. The fourth-order valence-corrected chi connectivity index (χ4v) is 6.30. The Morgan fingerprint density at radius 2 is 1.88 bits per heavy atom. The first-order valence-corrected chi connectivity index (χ1v) is 12.2. The number of nitrogens with one attached hydrogen (secondary N) is 1. The van der Waals surface area contributed by atoms with Gasteiger partial charge in [-0.15, -0.1) is 11.3 Å². The average molecular weight is 475 g/mol. The summed E-state index contributed by atoms with van der Waals surface area (Å²) in [6.07, 6.45) is 0. The lowest BCUT2D eigenvalue weighted by atomic mass is 10.1. The molecule has 166 valence electrons. The molecule has 2 aromatic carbocycles. The molecule has 1 fully saturated rings. The topological polar surface area (TPSA) is 84.9 Å². The molecule has 7 nitrogen and oxygen atoms in total. The molecule has 1 saturated heterocycles. The Labute approximate surface area is 188 Å². The highest BCUT2D eigenvalue weighted by Crippen LogP contribution is 2.42. The molecule has 2 aliphatic rings. The molecule has 0 spiro atoms. The summed E-state index contributed by atoms with van der Waals surface area (Å²) in [6.45, 7) is 1.19. The summed E-state index contributed by atoms with van der Waals surface area (Å²) < 4.78 is 52.3. The number of morpholine rings is 1. The van der Waals surface area contributed by atoms with Crippen molar-refractivity contribution >= 4 is 33.0 Å². The molecule has 2 aliphatic heterocycles. The number of carbonyl (C=O) groups is 1.